The van der Waals surface area contributed by atoms with Crippen LogP contribution in [0.25, 0.3) is 78.4 Å². The highest BCUT2D eigenvalue weighted by Crippen LogP contribution is 2.62. The zero-order valence-corrected chi connectivity index (χ0v) is 34.5. The lowest BCUT2D eigenvalue weighted by atomic mass is 9.65. The Balaban J connectivity index is 1.06. The van der Waals surface area contributed by atoms with Gasteiger partial charge in [0.25, 0.3) is 0 Å². The van der Waals surface area contributed by atoms with Crippen molar-refractivity contribution in [3.63, 3.8) is 0 Å². The smallest absolute Gasteiger partial charge is 0.160 e. The van der Waals surface area contributed by atoms with Crippen LogP contribution in [0.15, 0.2) is 219 Å². The molecule has 3 heterocycles. The van der Waals surface area contributed by atoms with Crippen molar-refractivity contribution in [1.82, 2.24) is 15.0 Å². The molecule has 1 spiro atoms. The summed E-state index contributed by atoms with van der Waals surface area (Å²) in [5, 5.41) is 0. The molecular weight excluding hydrogens is 767 g/mol. The predicted molar refractivity (Wildman–Crippen MR) is 255 cm³/mol. The molecule has 63 heavy (non-hydrogen) atoms. The normalized spacial score (nSPS) is 14.3. The van der Waals surface area contributed by atoms with Gasteiger partial charge < -0.3 is 4.74 Å². The number of fused-ring (bicyclic) bond motifs is 9. The molecule has 2 aromatic heterocycles. The van der Waals surface area contributed by atoms with Crippen LogP contribution in [0.4, 0.5) is 0 Å². The molecule has 1 aliphatic carbocycles. The Kier molecular flexibility index (Phi) is 8.58. The summed E-state index contributed by atoms with van der Waals surface area (Å²) in [6.07, 6.45) is 3.81. The lowest BCUT2D eigenvalue weighted by Gasteiger charge is -2.39. The average molecular weight is 806 g/mol. The van der Waals surface area contributed by atoms with E-state index in [0.29, 0.717) is 5.82 Å². The second-order valence-corrected chi connectivity index (χ2v) is 16.4. The van der Waals surface area contributed by atoms with Crippen molar-refractivity contribution in [2.24, 2.45) is 0 Å². The van der Waals surface area contributed by atoms with Gasteiger partial charge in [0, 0.05) is 40.2 Å². The third-order valence-electron chi connectivity index (χ3n) is 12.8. The van der Waals surface area contributed by atoms with Crippen LogP contribution in [0.1, 0.15) is 27.8 Å². The molecule has 0 bridgehead atoms. The molecule has 1 unspecified atom stereocenters. The van der Waals surface area contributed by atoms with Crippen LogP contribution in [0.3, 0.4) is 0 Å². The number of para-hydroxylation sites is 1. The maximum Gasteiger partial charge on any atom is 0.160 e. The summed E-state index contributed by atoms with van der Waals surface area (Å²) in [7, 11) is 0. The number of nitrogens with zero attached hydrogens (tertiary/aromatic N) is 3. The third kappa shape index (κ3) is 5.94. The predicted octanol–water partition coefficient (Wildman–Crippen LogP) is 14.7. The molecule has 0 saturated heterocycles. The summed E-state index contributed by atoms with van der Waals surface area (Å²) in [5.41, 5.74) is 19.3. The van der Waals surface area contributed by atoms with Crippen LogP contribution in [-0.4, -0.2) is 15.0 Å². The van der Waals surface area contributed by atoms with E-state index in [1.807, 2.05) is 36.7 Å². The first-order valence-corrected chi connectivity index (χ1v) is 21.4. The van der Waals surface area contributed by atoms with Gasteiger partial charge in [-0.3, -0.25) is 4.98 Å². The van der Waals surface area contributed by atoms with E-state index in [-0.39, 0.29) is 0 Å². The van der Waals surface area contributed by atoms with E-state index in [1.165, 1.54) is 38.9 Å². The van der Waals surface area contributed by atoms with Crippen molar-refractivity contribution in [3.05, 3.63) is 246 Å². The summed E-state index contributed by atoms with van der Waals surface area (Å²) in [5.74, 6) is 2.40. The van der Waals surface area contributed by atoms with Gasteiger partial charge in [-0.1, -0.05) is 164 Å². The Morgan fingerprint density at radius 2 is 0.952 bits per heavy atom. The molecule has 2 aliphatic rings. The van der Waals surface area contributed by atoms with Crippen LogP contribution in [0.2, 0.25) is 0 Å². The van der Waals surface area contributed by atoms with Crippen molar-refractivity contribution in [2.75, 3.05) is 0 Å². The van der Waals surface area contributed by atoms with Crippen LogP contribution in [0.5, 0.6) is 11.5 Å². The van der Waals surface area contributed by atoms with Crippen LogP contribution in [-0.2, 0) is 5.41 Å². The van der Waals surface area contributed by atoms with Crippen LogP contribution in [0, 0.1) is 6.92 Å². The van der Waals surface area contributed by atoms with Gasteiger partial charge in [-0.25, -0.2) is 9.97 Å². The SMILES string of the molecule is Cc1cnccc1-c1ccccc1-c1cccc(-c2ccc3c(c2)C2(c4ccccc4O3)c3ccccc3-c3ccc(-c4cc(-c5ccccc5)nc(-c5ccccc5)n4)cc32)c1. The van der Waals surface area contributed by atoms with E-state index in [2.05, 4.69) is 194 Å². The second-order valence-electron chi connectivity index (χ2n) is 16.4. The fourth-order valence-corrected chi connectivity index (χ4v) is 9.92. The minimum atomic E-state index is -0.678. The van der Waals surface area contributed by atoms with Gasteiger partial charge in [0.15, 0.2) is 5.82 Å². The number of hydrogen-bond acceptors (Lipinski definition) is 4. The highest BCUT2D eigenvalue weighted by atomic mass is 16.5. The zero-order chi connectivity index (χ0) is 41.9. The number of aryl methyl sites for hydroxylation is 1. The molecule has 0 N–H and O–H groups in total. The van der Waals surface area contributed by atoms with Gasteiger partial charge in [0.1, 0.15) is 11.5 Å². The maximum absolute atomic E-state index is 6.87. The molecule has 0 saturated carbocycles. The molecule has 1 atom stereocenters. The number of ether oxygens (including phenoxy) is 1. The molecule has 0 fully saturated rings. The first-order valence-electron chi connectivity index (χ1n) is 21.4. The standard InChI is InChI=1S/C59H39N3O/c1-38-37-60-32-31-45(38)47-22-9-8-21-46(47)43-20-14-19-41(33-43)42-28-30-57-53(34-42)59(51-25-12-13-26-56(51)63-57)50-24-11-10-23-48(50)49-29-27-44(35-52(49)59)55-36-54(39-15-4-2-5-16-39)61-58(62-55)40-17-6-3-7-18-40/h2-37H,1H3. The highest BCUT2D eigenvalue weighted by molar-refractivity contribution is 5.92. The fraction of sp³-hybridized carbons (Fsp3) is 0.0339. The molecule has 0 radical (unpaired) electrons. The summed E-state index contributed by atoms with van der Waals surface area (Å²) in [6.45, 7) is 2.12. The van der Waals surface area contributed by atoms with E-state index in [0.717, 1.165) is 73.0 Å². The van der Waals surface area contributed by atoms with Gasteiger partial charge in [0.05, 0.1) is 16.8 Å². The minimum absolute atomic E-state index is 0.678. The summed E-state index contributed by atoms with van der Waals surface area (Å²) in [6, 6.07) is 73.5. The molecule has 4 nitrogen and oxygen atoms in total. The maximum atomic E-state index is 6.87. The number of aromatic nitrogens is 3. The molecule has 10 aromatic rings. The Hall–Kier alpha value is -8.21. The van der Waals surface area contributed by atoms with E-state index in [9.17, 15) is 0 Å². The first kappa shape index (κ1) is 36.6. The van der Waals surface area contributed by atoms with Gasteiger partial charge in [0.2, 0.25) is 0 Å². The van der Waals surface area contributed by atoms with Crippen molar-refractivity contribution >= 4 is 0 Å². The molecule has 1 aliphatic heterocycles. The number of benzene rings is 8. The summed E-state index contributed by atoms with van der Waals surface area (Å²) >= 11 is 0. The molecule has 0 amide bonds. The Morgan fingerprint density at radius 1 is 0.365 bits per heavy atom. The fourth-order valence-electron chi connectivity index (χ4n) is 9.92. The largest absolute Gasteiger partial charge is 0.457 e. The van der Waals surface area contributed by atoms with E-state index in [1.54, 1.807) is 0 Å². The topological polar surface area (TPSA) is 47.9 Å². The van der Waals surface area contributed by atoms with Crippen molar-refractivity contribution < 1.29 is 4.74 Å². The van der Waals surface area contributed by atoms with Gasteiger partial charge in [-0.2, -0.15) is 0 Å². The lowest BCUT2D eigenvalue weighted by Crippen LogP contribution is -2.32. The lowest BCUT2D eigenvalue weighted by molar-refractivity contribution is 0.436. The highest BCUT2D eigenvalue weighted by Gasteiger charge is 2.51. The van der Waals surface area contributed by atoms with Crippen molar-refractivity contribution in [2.45, 2.75) is 12.3 Å². The summed E-state index contributed by atoms with van der Waals surface area (Å²) < 4.78 is 6.87. The average Bonchev–Trinajstić information content (AvgIpc) is 3.64. The second kappa shape index (κ2) is 14.8. The van der Waals surface area contributed by atoms with E-state index < -0.39 is 5.41 Å². The van der Waals surface area contributed by atoms with E-state index >= 15 is 0 Å². The quantitative estimate of drug-likeness (QED) is 0.168. The minimum Gasteiger partial charge on any atom is -0.457 e. The van der Waals surface area contributed by atoms with Crippen molar-refractivity contribution in [1.29, 1.82) is 0 Å². The number of hydrogen-bond donors (Lipinski definition) is 0. The van der Waals surface area contributed by atoms with Crippen LogP contribution >= 0.6 is 0 Å². The van der Waals surface area contributed by atoms with Crippen LogP contribution < -0.4 is 4.74 Å². The summed E-state index contributed by atoms with van der Waals surface area (Å²) in [4.78, 5) is 14.7. The number of rotatable bonds is 6. The first-order chi connectivity index (χ1) is 31.1. The molecule has 296 valence electrons. The van der Waals surface area contributed by atoms with Gasteiger partial charge >= 0.3 is 0 Å². The third-order valence-corrected chi connectivity index (χ3v) is 12.8. The molecular formula is C59H39N3O. The molecule has 8 aromatic carbocycles. The zero-order valence-electron chi connectivity index (χ0n) is 34.5. The molecule has 12 rings (SSSR count). The Labute approximate surface area is 366 Å². The van der Waals surface area contributed by atoms with E-state index in [4.69, 9.17) is 14.7 Å². The Bertz CT molecular complexity index is 3340. The van der Waals surface area contributed by atoms with Gasteiger partial charge in [-0.05, 0) is 111 Å². The van der Waals surface area contributed by atoms with Gasteiger partial charge in [-0.15, -0.1) is 0 Å². The number of pyridine rings is 1. The van der Waals surface area contributed by atoms with Crippen molar-refractivity contribution in [3.8, 4) is 89.9 Å². The molecule has 4 heteroatoms. The monoisotopic (exact) mass is 805 g/mol. The Morgan fingerprint density at radius 3 is 1.76 bits per heavy atom.